The van der Waals surface area contributed by atoms with Gasteiger partial charge in [0.15, 0.2) is 0 Å². The van der Waals surface area contributed by atoms with E-state index in [-0.39, 0.29) is 6.10 Å². The molecule has 7 heteroatoms. The van der Waals surface area contributed by atoms with Gasteiger partial charge in [-0.1, -0.05) is 6.07 Å². The van der Waals surface area contributed by atoms with Crippen LogP contribution in [0, 0.1) is 0 Å². The highest BCUT2D eigenvalue weighted by Gasteiger charge is 2.24. The van der Waals surface area contributed by atoms with Gasteiger partial charge in [-0.15, -0.1) is 0 Å². The SMILES string of the molecule is COc1ncccc1CN1Cc2ccnn2C[C@H](OCc2ccncc2)C1. The fourth-order valence-electron chi connectivity index (χ4n) is 3.38. The zero-order chi connectivity index (χ0) is 18.5. The minimum Gasteiger partial charge on any atom is -0.481 e. The number of pyridine rings is 2. The molecule has 1 aliphatic heterocycles. The van der Waals surface area contributed by atoms with Crippen molar-refractivity contribution in [3.8, 4) is 5.88 Å². The monoisotopic (exact) mass is 365 g/mol. The minimum absolute atomic E-state index is 0.0435. The van der Waals surface area contributed by atoms with Crippen molar-refractivity contribution in [1.82, 2.24) is 24.6 Å². The molecule has 0 fully saturated rings. The number of methoxy groups -OCH3 is 1. The molecule has 0 spiro atoms. The van der Waals surface area contributed by atoms with Crippen molar-refractivity contribution in [3.05, 3.63) is 71.9 Å². The number of hydrogen-bond donors (Lipinski definition) is 0. The Morgan fingerprint density at radius 3 is 2.81 bits per heavy atom. The number of nitrogens with zero attached hydrogens (tertiary/aromatic N) is 5. The zero-order valence-electron chi connectivity index (χ0n) is 15.4. The first-order chi connectivity index (χ1) is 13.3. The molecule has 3 aromatic heterocycles. The van der Waals surface area contributed by atoms with Gasteiger partial charge in [0, 0.05) is 50.0 Å². The van der Waals surface area contributed by atoms with E-state index in [1.54, 1.807) is 25.7 Å². The molecule has 1 atom stereocenters. The highest BCUT2D eigenvalue weighted by atomic mass is 16.5. The van der Waals surface area contributed by atoms with E-state index in [0.29, 0.717) is 12.5 Å². The highest BCUT2D eigenvalue weighted by molar-refractivity contribution is 5.25. The van der Waals surface area contributed by atoms with Crippen molar-refractivity contribution in [2.75, 3.05) is 13.7 Å². The molecule has 4 rings (SSSR count). The van der Waals surface area contributed by atoms with Crippen LogP contribution in [-0.4, -0.2) is 44.4 Å². The summed E-state index contributed by atoms with van der Waals surface area (Å²) in [6, 6.07) is 10.0. The standard InChI is InChI=1S/C20H23N5O2/c1-26-20-17(3-2-7-22-20)11-24-12-18-6-10-23-25(18)14-19(13-24)27-15-16-4-8-21-9-5-16/h2-10,19H,11-15H2,1H3/t19-/m1/s1. The average Bonchev–Trinajstić information content (AvgIpc) is 3.06. The summed E-state index contributed by atoms with van der Waals surface area (Å²) in [6.07, 6.45) is 7.22. The molecule has 0 aliphatic carbocycles. The van der Waals surface area contributed by atoms with Crippen LogP contribution in [0.3, 0.4) is 0 Å². The zero-order valence-corrected chi connectivity index (χ0v) is 15.4. The second-order valence-electron chi connectivity index (χ2n) is 6.63. The van der Waals surface area contributed by atoms with Gasteiger partial charge in [-0.3, -0.25) is 14.6 Å². The average molecular weight is 365 g/mol. The van der Waals surface area contributed by atoms with Gasteiger partial charge in [0.25, 0.3) is 0 Å². The molecule has 7 nitrogen and oxygen atoms in total. The molecule has 0 saturated carbocycles. The Bertz CT molecular complexity index is 868. The molecule has 0 unspecified atom stereocenters. The molecule has 0 N–H and O–H groups in total. The Morgan fingerprint density at radius 2 is 1.96 bits per heavy atom. The quantitative estimate of drug-likeness (QED) is 0.668. The summed E-state index contributed by atoms with van der Waals surface area (Å²) >= 11 is 0. The maximum Gasteiger partial charge on any atom is 0.217 e. The van der Waals surface area contributed by atoms with Gasteiger partial charge in [0.05, 0.1) is 32.1 Å². The van der Waals surface area contributed by atoms with Crippen molar-refractivity contribution in [3.63, 3.8) is 0 Å². The minimum atomic E-state index is 0.0435. The Balaban J connectivity index is 1.49. The van der Waals surface area contributed by atoms with Crippen LogP contribution in [0.15, 0.2) is 55.1 Å². The largest absolute Gasteiger partial charge is 0.481 e. The fraction of sp³-hybridized carbons (Fsp3) is 0.350. The molecule has 0 aromatic carbocycles. The van der Waals surface area contributed by atoms with Crippen molar-refractivity contribution in [1.29, 1.82) is 0 Å². The third-order valence-electron chi connectivity index (χ3n) is 4.70. The summed E-state index contributed by atoms with van der Waals surface area (Å²) in [4.78, 5) is 10.7. The summed E-state index contributed by atoms with van der Waals surface area (Å²) in [5.41, 5.74) is 3.38. The predicted octanol–water partition coefficient (Wildman–Crippen LogP) is 2.28. The van der Waals surface area contributed by atoms with Crippen molar-refractivity contribution in [2.45, 2.75) is 32.3 Å². The highest BCUT2D eigenvalue weighted by Crippen LogP contribution is 2.21. The van der Waals surface area contributed by atoms with Crippen LogP contribution in [-0.2, 0) is 31.0 Å². The topological polar surface area (TPSA) is 65.3 Å². The lowest BCUT2D eigenvalue weighted by molar-refractivity contribution is 0.00703. The van der Waals surface area contributed by atoms with Crippen LogP contribution in [0.25, 0.3) is 0 Å². The smallest absolute Gasteiger partial charge is 0.217 e. The molecule has 0 radical (unpaired) electrons. The van der Waals surface area contributed by atoms with E-state index in [1.807, 2.05) is 29.1 Å². The van der Waals surface area contributed by atoms with Crippen LogP contribution >= 0.6 is 0 Å². The third-order valence-corrected chi connectivity index (χ3v) is 4.70. The van der Waals surface area contributed by atoms with Gasteiger partial charge < -0.3 is 9.47 Å². The number of ether oxygens (including phenoxy) is 2. The molecule has 140 valence electrons. The molecular weight excluding hydrogens is 342 g/mol. The van der Waals surface area contributed by atoms with Crippen LogP contribution in [0.5, 0.6) is 5.88 Å². The first-order valence-electron chi connectivity index (χ1n) is 9.03. The molecular formula is C20H23N5O2. The molecule has 0 amide bonds. The number of hydrogen-bond acceptors (Lipinski definition) is 6. The van der Waals surface area contributed by atoms with Gasteiger partial charge in [-0.2, -0.15) is 5.10 Å². The van der Waals surface area contributed by atoms with E-state index in [2.05, 4.69) is 32.1 Å². The predicted molar refractivity (Wildman–Crippen MR) is 99.9 cm³/mol. The van der Waals surface area contributed by atoms with E-state index in [4.69, 9.17) is 9.47 Å². The van der Waals surface area contributed by atoms with Crippen LogP contribution in [0.1, 0.15) is 16.8 Å². The van der Waals surface area contributed by atoms with Crippen LogP contribution < -0.4 is 4.74 Å². The molecule has 0 bridgehead atoms. The van der Waals surface area contributed by atoms with Crippen molar-refractivity contribution in [2.24, 2.45) is 0 Å². The Kier molecular flexibility index (Phi) is 5.41. The van der Waals surface area contributed by atoms with Gasteiger partial charge >= 0.3 is 0 Å². The van der Waals surface area contributed by atoms with Gasteiger partial charge in [0.1, 0.15) is 0 Å². The summed E-state index contributed by atoms with van der Waals surface area (Å²) < 4.78 is 13.7. The third kappa shape index (κ3) is 4.32. The van der Waals surface area contributed by atoms with Gasteiger partial charge in [-0.25, -0.2) is 4.98 Å². The second kappa shape index (κ2) is 8.28. The Labute approximate surface area is 158 Å². The van der Waals surface area contributed by atoms with Crippen LogP contribution in [0.4, 0.5) is 0 Å². The van der Waals surface area contributed by atoms with Crippen LogP contribution in [0.2, 0.25) is 0 Å². The molecule has 1 aliphatic rings. The van der Waals surface area contributed by atoms with E-state index >= 15 is 0 Å². The van der Waals surface area contributed by atoms with Crippen molar-refractivity contribution < 1.29 is 9.47 Å². The number of rotatable bonds is 6. The van der Waals surface area contributed by atoms with Gasteiger partial charge in [0.2, 0.25) is 5.88 Å². The fourth-order valence-corrected chi connectivity index (χ4v) is 3.38. The van der Waals surface area contributed by atoms with E-state index in [1.165, 1.54) is 5.69 Å². The lowest BCUT2D eigenvalue weighted by atomic mass is 10.2. The number of fused-ring (bicyclic) bond motifs is 1. The van der Waals surface area contributed by atoms with Crippen molar-refractivity contribution >= 4 is 0 Å². The molecule has 3 aromatic rings. The summed E-state index contributed by atoms with van der Waals surface area (Å²) in [5.74, 6) is 0.671. The van der Waals surface area contributed by atoms with E-state index in [9.17, 15) is 0 Å². The summed E-state index contributed by atoms with van der Waals surface area (Å²) in [5, 5.41) is 4.46. The molecule has 0 saturated heterocycles. The normalized spacial score (nSPS) is 17.3. The molecule has 4 heterocycles. The maximum atomic E-state index is 6.22. The lowest BCUT2D eigenvalue weighted by Crippen LogP contribution is -2.33. The number of aromatic nitrogens is 4. The van der Waals surface area contributed by atoms with Gasteiger partial charge in [-0.05, 0) is 29.8 Å². The molecule has 27 heavy (non-hydrogen) atoms. The summed E-state index contributed by atoms with van der Waals surface area (Å²) in [7, 11) is 1.66. The maximum absolute atomic E-state index is 6.22. The second-order valence-corrected chi connectivity index (χ2v) is 6.63. The Hall–Kier alpha value is -2.77. The summed E-state index contributed by atoms with van der Waals surface area (Å²) in [6.45, 7) is 3.68. The lowest BCUT2D eigenvalue weighted by Gasteiger charge is -2.24. The van der Waals surface area contributed by atoms with E-state index < -0.39 is 0 Å². The first-order valence-corrected chi connectivity index (χ1v) is 9.03. The van der Waals surface area contributed by atoms with E-state index in [0.717, 1.165) is 37.3 Å². The Morgan fingerprint density at radius 1 is 1.07 bits per heavy atom. The first kappa shape index (κ1) is 17.6.